The van der Waals surface area contributed by atoms with Gasteiger partial charge in [-0.3, -0.25) is 14.9 Å². The van der Waals surface area contributed by atoms with E-state index in [1.807, 2.05) is 0 Å². The van der Waals surface area contributed by atoms with Crippen molar-refractivity contribution in [3.8, 4) is 0 Å². The molecule has 10 heteroatoms. The topological polar surface area (TPSA) is 137 Å². The quantitative estimate of drug-likeness (QED) is 0.278. The van der Waals surface area contributed by atoms with Gasteiger partial charge in [0.15, 0.2) is 0 Å². The summed E-state index contributed by atoms with van der Waals surface area (Å²) in [5, 5.41) is 16.4. The lowest BCUT2D eigenvalue weighted by molar-refractivity contribution is -0.384. The van der Waals surface area contributed by atoms with Crippen LogP contribution >= 0.6 is 0 Å². The van der Waals surface area contributed by atoms with Gasteiger partial charge in [-0.25, -0.2) is 9.59 Å². The smallest absolute Gasteiger partial charge is 0.338 e. The van der Waals surface area contributed by atoms with E-state index in [0.717, 1.165) is 0 Å². The van der Waals surface area contributed by atoms with E-state index in [0.29, 0.717) is 6.42 Å². The molecule has 1 heterocycles. The molecule has 1 aliphatic heterocycles. The summed E-state index contributed by atoms with van der Waals surface area (Å²) in [4.78, 5) is 47.3. The first kappa shape index (κ1) is 21.4. The fourth-order valence-corrected chi connectivity index (χ4v) is 3.50. The van der Waals surface area contributed by atoms with Crippen molar-refractivity contribution < 1.29 is 28.8 Å². The minimum atomic E-state index is -1.08. The third-order valence-corrected chi connectivity index (χ3v) is 5.28. The lowest BCUT2D eigenvalue weighted by atomic mass is 10.1. The highest BCUT2D eigenvalue weighted by Crippen LogP contribution is 2.45. The van der Waals surface area contributed by atoms with E-state index in [-0.39, 0.29) is 42.6 Å². The second kappa shape index (κ2) is 8.62. The molecule has 1 aromatic rings. The van der Waals surface area contributed by atoms with Crippen LogP contribution in [0.3, 0.4) is 0 Å². The Balaban J connectivity index is 1.55. The van der Waals surface area contributed by atoms with Gasteiger partial charge in [-0.15, -0.1) is 6.58 Å². The predicted octanol–water partition coefficient (Wildman–Crippen LogP) is 1.11. The number of non-ortho nitro benzene ring substituents is 1. The number of nitro benzene ring substituents is 1. The highest BCUT2D eigenvalue weighted by atomic mass is 16.6. The molecule has 160 valence electrons. The molecular weight excluding hydrogens is 394 g/mol. The standard InChI is InChI=1S/C20H23N3O7/c1-3-13-10-20(13,19(26)29-4-2)22-17(24)16-9-15(11-21-16)30-18(25)12-5-7-14(8-6-12)23(27)28/h3,5-8,13,15-16,21H,1,4,9-11H2,2H3,(H,22,24)/t13?,15-,16+,20?/m1/s1. The van der Waals surface area contributed by atoms with Crippen LogP contribution in [-0.4, -0.2) is 53.6 Å². The summed E-state index contributed by atoms with van der Waals surface area (Å²) >= 11 is 0. The van der Waals surface area contributed by atoms with Crippen LogP contribution < -0.4 is 10.6 Å². The lowest BCUT2D eigenvalue weighted by Crippen LogP contribution is -2.51. The van der Waals surface area contributed by atoms with Crippen molar-refractivity contribution in [2.45, 2.75) is 37.5 Å². The normalized spacial score (nSPS) is 27.0. The molecule has 0 radical (unpaired) electrons. The second-order valence-electron chi connectivity index (χ2n) is 7.26. The first-order chi connectivity index (χ1) is 14.3. The van der Waals surface area contributed by atoms with Crippen LogP contribution in [0.4, 0.5) is 5.69 Å². The van der Waals surface area contributed by atoms with E-state index in [2.05, 4.69) is 17.2 Å². The number of amides is 1. The van der Waals surface area contributed by atoms with Crippen LogP contribution in [0.15, 0.2) is 36.9 Å². The number of esters is 2. The van der Waals surface area contributed by atoms with Crippen molar-refractivity contribution in [2.24, 2.45) is 5.92 Å². The summed E-state index contributed by atoms with van der Waals surface area (Å²) in [6, 6.07) is 4.45. The minimum Gasteiger partial charge on any atom is -0.464 e. The summed E-state index contributed by atoms with van der Waals surface area (Å²) < 4.78 is 10.5. The number of rotatable bonds is 8. The van der Waals surface area contributed by atoms with Crippen molar-refractivity contribution in [2.75, 3.05) is 13.2 Å². The lowest BCUT2D eigenvalue weighted by Gasteiger charge is -2.20. The molecule has 1 aliphatic carbocycles. The van der Waals surface area contributed by atoms with Gasteiger partial charge in [-0.05, 0) is 25.5 Å². The molecule has 2 N–H and O–H groups in total. The van der Waals surface area contributed by atoms with Crippen LogP contribution in [0, 0.1) is 16.0 Å². The number of hydrogen-bond acceptors (Lipinski definition) is 8. The Morgan fingerprint density at radius 1 is 1.37 bits per heavy atom. The van der Waals surface area contributed by atoms with E-state index in [1.165, 1.54) is 24.3 Å². The number of nitro groups is 1. The van der Waals surface area contributed by atoms with E-state index < -0.39 is 34.5 Å². The average molecular weight is 417 g/mol. The van der Waals surface area contributed by atoms with Crippen molar-refractivity contribution in [3.05, 3.63) is 52.6 Å². The maximum atomic E-state index is 12.7. The van der Waals surface area contributed by atoms with Crippen LogP contribution in [-0.2, 0) is 19.1 Å². The summed E-state index contributed by atoms with van der Waals surface area (Å²) in [7, 11) is 0. The van der Waals surface area contributed by atoms with Crippen LogP contribution in [0.25, 0.3) is 0 Å². The molecule has 1 aromatic carbocycles. The average Bonchev–Trinajstić information content (AvgIpc) is 3.25. The minimum absolute atomic E-state index is 0.126. The van der Waals surface area contributed by atoms with Crippen molar-refractivity contribution in [3.63, 3.8) is 0 Å². The first-order valence-electron chi connectivity index (χ1n) is 9.61. The number of carbonyl (C=O) groups is 3. The van der Waals surface area contributed by atoms with Gasteiger partial charge < -0.3 is 20.1 Å². The Morgan fingerprint density at radius 3 is 2.63 bits per heavy atom. The van der Waals surface area contributed by atoms with Gasteiger partial charge in [0, 0.05) is 31.0 Å². The molecule has 1 saturated heterocycles. The summed E-state index contributed by atoms with van der Waals surface area (Å²) in [6.45, 7) is 5.86. The van der Waals surface area contributed by atoms with Gasteiger partial charge in [0.05, 0.1) is 23.1 Å². The molecule has 10 nitrogen and oxygen atoms in total. The number of ether oxygens (including phenoxy) is 2. The van der Waals surface area contributed by atoms with Crippen molar-refractivity contribution in [1.82, 2.24) is 10.6 Å². The molecule has 2 aliphatic rings. The van der Waals surface area contributed by atoms with Gasteiger partial charge in [0.2, 0.25) is 5.91 Å². The van der Waals surface area contributed by atoms with Crippen LogP contribution in [0.5, 0.6) is 0 Å². The number of carbonyl (C=O) groups excluding carboxylic acids is 3. The van der Waals surface area contributed by atoms with Crippen molar-refractivity contribution in [1.29, 1.82) is 0 Å². The number of nitrogens with one attached hydrogen (secondary N) is 2. The molecule has 3 rings (SSSR count). The van der Waals surface area contributed by atoms with Gasteiger partial charge in [-0.2, -0.15) is 0 Å². The van der Waals surface area contributed by atoms with E-state index in [9.17, 15) is 24.5 Å². The summed E-state index contributed by atoms with van der Waals surface area (Å²) in [5.41, 5.74) is -1.02. The van der Waals surface area contributed by atoms with Crippen LogP contribution in [0.2, 0.25) is 0 Å². The Labute approximate surface area is 172 Å². The second-order valence-corrected chi connectivity index (χ2v) is 7.26. The molecule has 0 aromatic heterocycles. The molecule has 1 saturated carbocycles. The monoisotopic (exact) mass is 417 g/mol. The van der Waals surface area contributed by atoms with E-state index >= 15 is 0 Å². The van der Waals surface area contributed by atoms with Gasteiger partial charge >= 0.3 is 11.9 Å². The number of benzene rings is 1. The zero-order valence-corrected chi connectivity index (χ0v) is 16.5. The SMILES string of the molecule is C=CC1CC1(NC(=O)[C@@H]1C[C@@H](OC(=O)c2ccc([N+](=O)[O-])cc2)CN1)C(=O)OCC. The van der Waals surface area contributed by atoms with Gasteiger partial charge in [0.25, 0.3) is 5.69 Å². The molecule has 2 unspecified atom stereocenters. The number of nitrogens with zero attached hydrogens (tertiary/aromatic N) is 1. The van der Waals surface area contributed by atoms with Crippen LogP contribution in [0.1, 0.15) is 30.1 Å². The maximum absolute atomic E-state index is 12.7. The number of hydrogen-bond donors (Lipinski definition) is 2. The highest BCUT2D eigenvalue weighted by Gasteiger charge is 2.61. The molecular formula is C20H23N3O7. The fourth-order valence-electron chi connectivity index (χ4n) is 3.50. The van der Waals surface area contributed by atoms with E-state index in [1.54, 1.807) is 13.0 Å². The predicted molar refractivity (Wildman–Crippen MR) is 105 cm³/mol. The molecule has 0 bridgehead atoms. The maximum Gasteiger partial charge on any atom is 0.338 e. The van der Waals surface area contributed by atoms with Gasteiger partial charge in [-0.1, -0.05) is 6.08 Å². The Hall–Kier alpha value is -3.27. The summed E-state index contributed by atoms with van der Waals surface area (Å²) in [5.74, 6) is -1.67. The zero-order chi connectivity index (χ0) is 21.9. The Bertz CT molecular complexity index is 870. The molecule has 0 spiro atoms. The Kier molecular flexibility index (Phi) is 6.16. The largest absolute Gasteiger partial charge is 0.464 e. The van der Waals surface area contributed by atoms with Gasteiger partial charge in [0.1, 0.15) is 11.6 Å². The first-order valence-corrected chi connectivity index (χ1v) is 9.61. The fraction of sp³-hybridized carbons (Fsp3) is 0.450. The highest BCUT2D eigenvalue weighted by molar-refractivity contribution is 5.94. The molecule has 4 atom stereocenters. The molecule has 30 heavy (non-hydrogen) atoms. The zero-order valence-electron chi connectivity index (χ0n) is 16.5. The van der Waals surface area contributed by atoms with Crippen molar-refractivity contribution >= 4 is 23.5 Å². The Morgan fingerprint density at radius 2 is 2.07 bits per heavy atom. The molecule has 1 amide bonds. The van der Waals surface area contributed by atoms with E-state index in [4.69, 9.17) is 9.47 Å². The third-order valence-electron chi connectivity index (χ3n) is 5.28. The summed E-state index contributed by atoms with van der Waals surface area (Å²) in [6.07, 6.45) is 1.75. The molecule has 2 fully saturated rings. The third kappa shape index (κ3) is 4.33.